The molecule has 0 saturated carbocycles. The van der Waals surface area contributed by atoms with Crippen molar-refractivity contribution in [3.05, 3.63) is 40.2 Å². The highest BCUT2D eigenvalue weighted by Crippen LogP contribution is 2.24. The molecule has 3 N–H and O–H groups in total. The van der Waals surface area contributed by atoms with Crippen LogP contribution in [-0.4, -0.2) is 27.7 Å². The second kappa shape index (κ2) is 6.67. The summed E-state index contributed by atoms with van der Waals surface area (Å²) in [6.07, 6.45) is 3.39. The number of aliphatic hydroxyl groups excluding tert-OH is 1. The number of aromatic nitrogens is 2. The van der Waals surface area contributed by atoms with Crippen molar-refractivity contribution >= 4 is 39.9 Å². The molecule has 0 aliphatic heterocycles. The largest absolute Gasteiger partial charge is 0.394 e. The zero-order chi connectivity index (χ0) is 13.7. The van der Waals surface area contributed by atoms with Gasteiger partial charge in [0.15, 0.2) is 0 Å². The Kier molecular flexibility index (Phi) is 4.92. The minimum Gasteiger partial charge on any atom is -0.394 e. The lowest BCUT2D eigenvalue weighted by Crippen LogP contribution is -2.19. The number of anilines is 3. The van der Waals surface area contributed by atoms with Crippen molar-refractivity contribution in [3.8, 4) is 0 Å². The van der Waals surface area contributed by atoms with E-state index < -0.39 is 0 Å². The summed E-state index contributed by atoms with van der Waals surface area (Å²) in [5, 5.41) is 15.4. The maximum atomic E-state index is 9.04. The van der Waals surface area contributed by atoms with Crippen LogP contribution in [0.3, 0.4) is 0 Å². The molecule has 6 heteroatoms. The number of hydrogen-bond acceptors (Lipinski definition) is 5. The van der Waals surface area contributed by atoms with Crippen LogP contribution in [0.4, 0.5) is 17.3 Å². The van der Waals surface area contributed by atoms with Gasteiger partial charge in [0.05, 0.1) is 6.61 Å². The Balaban J connectivity index is 2.10. The summed E-state index contributed by atoms with van der Waals surface area (Å²) in [5.74, 6) is 0.572. The molecule has 100 valence electrons. The Bertz CT molecular complexity index is 535. The van der Waals surface area contributed by atoms with Crippen molar-refractivity contribution in [1.29, 1.82) is 0 Å². The topological polar surface area (TPSA) is 70.1 Å². The van der Waals surface area contributed by atoms with Gasteiger partial charge < -0.3 is 15.7 Å². The van der Waals surface area contributed by atoms with E-state index in [1.54, 1.807) is 18.5 Å². The monoisotopic (exact) mass is 370 g/mol. The van der Waals surface area contributed by atoms with E-state index in [-0.39, 0.29) is 12.6 Å². The fourth-order valence-electron chi connectivity index (χ4n) is 1.51. The van der Waals surface area contributed by atoms with Gasteiger partial charge in [0.2, 0.25) is 5.95 Å². The molecular weight excluding hydrogens is 355 g/mol. The van der Waals surface area contributed by atoms with Gasteiger partial charge in [-0.05, 0) is 53.8 Å². The molecule has 0 radical (unpaired) electrons. The molecule has 5 nitrogen and oxygen atoms in total. The number of nitrogens with zero attached hydrogens (tertiary/aromatic N) is 2. The average Bonchev–Trinajstić information content (AvgIpc) is 2.43. The van der Waals surface area contributed by atoms with Gasteiger partial charge in [-0.3, -0.25) is 0 Å². The van der Waals surface area contributed by atoms with Crippen molar-refractivity contribution < 1.29 is 5.11 Å². The Morgan fingerprint density at radius 3 is 2.68 bits per heavy atom. The van der Waals surface area contributed by atoms with Gasteiger partial charge in [-0.2, -0.15) is 0 Å². The summed E-state index contributed by atoms with van der Waals surface area (Å²) in [6, 6.07) is 7.73. The van der Waals surface area contributed by atoms with Crippen LogP contribution in [-0.2, 0) is 0 Å². The highest BCUT2D eigenvalue weighted by atomic mass is 127. The first-order valence-corrected chi connectivity index (χ1v) is 6.98. The van der Waals surface area contributed by atoms with E-state index >= 15 is 0 Å². The molecule has 2 rings (SSSR count). The third kappa shape index (κ3) is 4.03. The van der Waals surface area contributed by atoms with Crippen LogP contribution in [0.15, 0.2) is 36.7 Å². The van der Waals surface area contributed by atoms with Gasteiger partial charge in [-0.1, -0.05) is 0 Å². The highest BCUT2D eigenvalue weighted by molar-refractivity contribution is 14.1. The summed E-state index contributed by atoms with van der Waals surface area (Å²) in [6.45, 7) is 2.04. The Morgan fingerprint density at radius 2 is 2.05 bits per heavy atom. The zero-order valence-electron chi connectivity index (χ0n) is 10.5. The lowest BCUT2D eigenvalue weighted by molar-refractivity contribution is 0.281. The Morgan fingerprint density at radius 1 is 1.32 bits per heavy atom. The van der Waals surface area contributed by atoms with Gasteiger partial charge in [-0.15, -0.1) is 0 Å². The van der Waals surface area contributed by atoms with E-state index in [4.69, 9.17) is 5.11 Å². The maximum absolute atomic E-state index is 9.04. The molecule has 0 fully saturated rings. The quantitative estimate of drug-likeness (QED) is 0.706. The van der Waals surface area contributed by atoms with Crippen molar-refractivity contribution in [2.45, 2.75) is 13.0 Å². The van der Waals surface area contributed by atoms with Crippen LogP contribution in [0.5, 0.6) is 0 Å². The fraction of sp³-hybridized carbons (Fsp3) is 0.231. The average molecular weight is 370 g/mol. The first-order chi connectivity index (χ1) is 9.19. The number of aliphatic hydroxyl groups is 1. The normalized spacial score (nSPS) is 11.9. The highest BCUT2D eigenvalue weighted by Gasteiger charge is 2.05. The fourth-order valence-corrected chi connectivity index (χ4v) is 2.18. The third-order valence-corrected chi connectivity index (χ3v) is 3.36. The van der Waals surface area contributed by atoms with Gasteiger partial charge in [0.1, 0.15) is 0 Å². The van der Waals surface area contributed by atoms with Crippen LogP contribution >= 0.6 is 22.6 Å². The maximum Gasteiger partial charge on any atom is 0.227 e. The summed E-state index contributed by atoms with van der Waals surface area (Å²) < 4.78 is 1.07. The first-order valence-electron chi connectivity index (χ1n) is 5.90. The van der Waals surface area contributed by atoms with Gasteiger partial charge in [0, 0.05) is 33.4 Å². The Labute approximate surface area is 125 Å². The number of benzene rings is 1. The third-order valence-electron chi connectivity index (χ3n) is 2.47. The first kappa shape index (κ1) is 14.0. The number of rotatable bonds is 5. The molecule has 2 aromatic rings. The van der Waals surface area contributed by atoms with E-state index in [0.717, 1.165) is 14.9 Å². The van der Waals surface area contributed by atoms with Gasteiger partial charge in [0.25, 0.3) is 0 Å². The lowest BCUT2D eigenvalue weighted by atomic mass is 10.2. The van der Waals surface area contributed by atoms with Crippen LogP contribution in [0.1, 0.15) is 6.92 Å². The van der Waals surface area contributed by atoms with Crippen molar-refractivity contribution in [1.82, 2.24) is 9.97 Å². The predicted molar refractivity (Wildman–Crippen MR) is 84.6 cm³/mol. The lowest BCUT2D eigenvalue weighted by Gasteiger charge is -2.15. The van der Waals surface area contributed by atoms with Crippen LogP contribution in [0.2, 0.25) is 0 Å². The second-order valence-electron chi connectivity index (χ2n) is 4.12. The Hall–Kier alpha value is -1.41. The second-order valence-corrected chi connectivity index (χ2v) is 5.28. The van der Waals surface area contributed by atoms with Crippen LogP contribution < -0.4 is 10.6 Å². The standard InChI is InChI=1S/C13H15IN4O/c1-9(8-19)17-12-4-3-10(7-11(12)14)18-13-15-5-2-6-16-13/h2-7,9,17,19H,8H2,1H3,(H,15,16,18)/t9-/m1/s1. The number of halogens is 1. The molecule has 0 aliphatic rings. The molecule has 0 aliphatic carbocycles. The summed E-state index contributed by atoms with van der Waals surface area (Å²) in [5.41, 5.74) is 1.93. The zero-order valence-corrected chi connectivity index (χ0v) is 12.6. The SMILES string of the molecule is C[C@H](CO)Nc1ccc(Nc2ncccn2)cc1I. The molecule has 1 aromatic carbocycles. The van der Waals surface area contributed by atoms with E-state index in [9.17, 15) is 0 Å². The number of nitrogens with one attached hydrogen (secondary N) is 2. The number of hydrogen-bond donors (Lipinski definition) is 3. The molecule has 1 aromatic heterocycles. The summed E-state index contributed by atoms with van der Waals surface area (Å²) in [4.78, 5) is 8.23. The molecule has 19 heavy (non-hydrogen) atoms. The van der Waals surface area contributed by atoms with Crippen LogP contribution in [0, 0.1) is 3.57 Å². The summed E-state index contributed by atoms with van der Waals surface area (Å²) >= 11 is 2.25. The molecule has 0 bridgehead atoms. The summed E-state index contributed by atoms with van der Waals surface area (Å²) in [7, 11) is 0. The smallest absolute Gasteiger partial charge is 0.227 e. The van der Waals surface area contributed by atoms with Gasteiger partial charge >= 0.3 is 0 Å². The van der Waals surface area contributed by atoms with Crippen molar-refractivity contribution in [3.63, 3.8) is 0 Å². The van der Waals surface area contributed by atoms with E-state index in [2.05, 4.69) is 43.2 Å². The molecule has 0 saturated heterocycles. The predicted octanol–water partition coefficient (Wildman–Crippen LogP) is 2.62. The van der Waals surface area contributed by atoms with E-state index in [1.807, 2.05) is 25.1 Å². The minimum atomic E-state index is 0.0322. The van der Waals surface area contributed by atoms with Gasteiger partial charge in [-0.25, -0.2) is 9.97 Å². The molecule has 0 spiro atoms. The molecule has 0 unspecified atom stereocenters. The molecule has 1 heterocycles. The molecule has 1 atom stereocenters. The van der Waals surface area contributed by atoms with E-state index in [1.165, 1.54) is 0 Å². The van der Waals surface area contributed by atoms with E-state index in [0.29, 0.717) is 5.95 Å². The molecule has 0 amide bonds. The van der Waals surface area contributed by atoms with Crippen molar-refractivity contribution in [2.75, 3.05) is 17.2 Å². The minimum absolute atomic E-state index is 0.0322. The molecular formula is C13H15IN4O. The van der Waals surface area contributed by atoms with Crippen molar-refractivity contribution in [2.24, 2.45) is 0 Å². The van der Waals surface area contributed by atoms with Crippen LogP contribution in [0.25, 0.3) is 0 Å².